The summed E-state index contributed by atoms with van der Waals surface area (Å²) in [6, 6.07) is 1.76. The molecule has 0 amide bonds. The summed E-state index contributed by atoms with van der Waals surface area (Å²) in [5.41, 5.74) is -0.690. The summed E-state index contributed by atoms with van der Waals surface area (Å²) in [6.45, 7) is 5.14. The third kappa shape index (κ3) is 2.94. The highest BCUT2D eigenvalue weighted by Gasteiger charge is 2.34. The van der Waals surface area contributed by atoms with Gasteiger partial charge in [0.15, 0.2) is 0 Å². The largest absolute Gasteiger partial charge is 0.489 e. The van der Waals surface area contributed by atoms with Crippen LogP contribution in [0.5, 0.6) is 5.75 Å². The van der Waals surface area contributed by atoms with E-state index in [0.29, 0.717) is 24.3 Å². The quantitative estimate of drug-likeness (QED) is 0.878. The van der Waals surface area contributed by atoms with Gasteiger partial charge >= 0.3 is 0 Å². The highest BCUT2D eigenvalue weighted by Crippen LogP contribution is 2.33. The predicted octanol–water partition coefficient (Wildman–Crippen LogP) is 2.42. The molecule has 4 heteroatoms. The summed E-state index contributed by atoms with van der Waals surface area (Å²) < 4.78 is 20.2. The average Bonchev–Trinajstić information content (AvgIpc) is 2.29. The number of rotatable bonds is 3. The van der Waals surface area contributed by atoms with Gasteiger partial charge in [0.25, 0.3) is 0 Å². The maximum Gasteiger partial charge on any atom is 0.150 e. The van der Waals surface area contributed by atoms with Gasteiger partial charge in [-0.25, -0.2) is 4.39 Å². The predicted molar refractivity (Wildman–Crippen MR) is 64.9 cm³/mol. The Labute approximate surface area is 101 Å². The first-order chi connectivity index (χ1) is 8.10. The summed E-state index contributed by atoms with van der Waals surface area (Å²) in [7, 11) is 0. The first kappa shape index (κ1) is 12.3. The van der Waals surface area contributed by atoms with Crippen LogP contribution in [0.25, 0.3) is 0 Å². The summed E-state index contributed by atoms with van der Waals surface area (Å²) >= 11 is 0. The Morgan fingerprint density at radius 3 is 2.94 bits per heavy atom. The van der Waals surface area contributed by atoms with Crippen molar-refractivity contribution in [3.8, 4) is 5.75 Å². The second-order valence-corrected chi connectivity index (χ2v) is 4.82. The lowest BCUT2D eigenvalue weighted by atomic mass is 9.89. The molecule has 3 nitrogen and oxygen atoms in total. The topological polar surface area (TPSA) is 34.1 Å². The maximum absolute atomic E-state index is 14.7. The highest BCUT2D eigenvalue weighted by molar-refractivity contribution is 5.29. The molecular weight excluding hydrogens is 219 g/mol. The number of hydrogen-bond donors (Lipinski definition) is 1. The summed E-state index contributed by atoms with van der Waals surface area (Å²) in [5, 5.41) is 3.09. The van der Waals surface area contributed by atoms with Gasteiger partial charge in [0.05, 0.1) is 12.3 Å². The molecule has 17 heavy (non-hydrogen) atoms. The van der Waals surface area contributed by atoms with Gasteiger partial charge in [-0.1, -0.05) is 0 Å². The Morgan fingerprint density at radius 2 is 2.29 bits per heavy atom. The first-order valence-electron chi connectivity index (χ1n) is 6.12. The normalized spacial score (nSPS) is 24.9. The van der Waals surface area contributed by atoms with Gasteiger partial charge in [-0.15, -0.1) is 0 Å². The second kappa shape index (κ2) is 5.00. The van der Waals surface area contributed by atoms with Crippen LogP contribution in [0.3, 0.4) is 0 Å². The molecule has 0 bridgehead atoms. The fourth-order valence-electron chi connectivity index (χ4n) is 2.12. The monoisotopic (exact) mass is 238 g/mol. The number of pyridine rings is 1. The molecule has 0 spiro atoms. The lowest BCUT2D eigenvalue weighted by molar-refractivity contribution is 0.120. The van der Waals surface area contributed by atoms with Crippen LogP contribution in [0.1, 0.15) is 32.3 Å². The first-order valence-corrected chi connectivity index (χ1v) is 6.12. The Bertz CT molecular complexity index is 375. The number of nitrogens with zero attached hydrogens (tertiary/aromatic N) is 1. The third-order valence-electron chi connectivity index (χ3n) is 2.93. The molecule has 1 N–H and O–H groups in total. The van der Waals surface area contributed by atoms with Crippen LogP contribution >= 0.6 is 0 Å². The molecule has 1 aliphatic rings. The average molecular weight is 238 g/mol. The zero-order chi connectivity index (χ0) is 12.3. The van der Waals surface area contributed by atoms with Gasteiger partial charge in [0.1, 0.15) is 11.4 Å². The molecular formula is C13H19FN2O. The van der Waals surface area contributed by atoms with Crippen molar-refractivity contribution >= 4 is 0 Å². The van der Waals surface area contributed by atoms with Crippen molar-refractivity contribution in [2.75, 3.05) is 13.1 Å². The molecule has 1 aliphatic heterocycles. The summed E-state index contributed by atoms with van der Waals surface area (Å²) in [6.07, 6.45) is 4.70. The van der Waals surface area contributed by atoms with E-state index in [1.165, 1.54) is 0 Å². The molecule has 1 unspecified atom stereocenters. The van der Waals surface area contributed by atoms with Crippen LogP contribution in [0, 0.1) is 0 Å². The Balaban J connectivity index is 2.19. The Hall–Kier alpha value is -1.16. The van der Waals surface area contributed by atoms with E-state index in [2.05, 4.69) is 10.3 Å². The van der Waals surface area contributed by atoms with Crippen LogP contribution in [0.15, 0.2) is 18.5 Å². The number of piperidine rings is 1. The van der Waals surface area contributed by atoms with Gasteiger partial charge in [-0.3, -0.25) is 4.98 Å². The third-order valence-corrected chi connectivity index (χ3v) is 2.93. The van der Waals surface area contributed by atoms with Crippen molar-refractivity contribution < 1.29 is 9.13 Å². The van der Waals surface area contributed by atoms with Gasteiger partial charge in [0, 0.05) is 18.3 Å². The van der Waals surface area contributed by atoms with E-state index in [9.17, 15) is 4.39 Å². The molecule has 0 aliphatic carbocycles. The number of halogens is 1. The minimum Gasteiger partial charge on any atom is -0.489 e. The van der Waals surface area contributed by atoms with Crippen LogP contribution < -0.4 is 10.1 Å². The Morgan fingerprint density at radius 1 is 1.47 bits per heavy atom. The van der Waals surface area contributed by atoms with Crippen LogP contribution in [-0.4, -0.2) is 24.2 Å². The number of hydrogen-bond acceptors (Lipinski definition) is 3. The van der Waals surface area contributed by atoms with Crippen molar-refractivity contribution in [2.45, 2.75) is 38.5 Å². The molecule has 0 radical (unpaired) electrons. The smallest absolute Gasteiger partial charge is 0.150 e. The van der Waals surface area contributed by atoms with Crippen molar-refractivity contribution in [2.24, 2.45) is 0 Å². The fraction of sp³-hybridized carbons (Fsp3) is 0.615. The van der Waals surface area contributed by atoms with E-state index in [1.54, 1.807) is 18.5 Å². The van der Waals surface area contributed by atoms with Crippen LogP contribution in [0.4, 0.5) is 4.39 Å². The van der Waals surface area contributed by atoms with E-state index in [1.807, 2.05) is 13.8 Å². The minimum absolute atomic E-state index is 0.0760. The molecule has 2 heterocycles. The van der Waals surface area contributed by atoms with Crippen molar-refractivity contribution in [3.05, 3.63) is 24.0 Å². The van der Waals surface area contributed by atoms with Gasteiger partial charge in [-0.05, 0) is 39.3 Å². The van der Waals surface area contributed by atoms with E-state index in [-0.39, 0.29) is 6.10 Å². The van der Waals surface area contributed by atoms with E-state index < -0.39 is 5.67 Å². The molecule has 1 aromatic rings. The number of alkyl halides is 1. The highest BCUT2D eigenvalue weighted by atomic mass is 19.1. The van der Waals surface area contributed by atoms with E-state index >= 15 is 0 Å². The van der Waals surface area contributed by atoms with Crippen molar-refractivity contribution in [1.29, 1.82) is 0 Å². The zero-order valence-electron chi connectivity index (χ0n) is 10.4. The van der Waals surface area contributed by atoms with Gasteiger partial charge in [0.2, 0.25) is 0 Å². The molecule has 1 saturated heterocycles. The molecule has 1 fully saturated rings. The fourth-order valence-corrected chi connectivity index (χ4v) is 2.12. The second-order valence-electron chi connectivity index (χ2n) is 4.82. The number of ether oxygens (including phenoxy) is 1. The van der Waals surface area contributed by atoms with Crippen molar-refractivity contribution in [1.82, 2.24) is 10.3 Å². The Kier molecular flexibility index (Phi) is 3.62. The number of nitrogens with one attached hydrogen (secondary N) is 1. The lowest BCUT2D eigenvalue weighted by Gasteiger charge is -2.30. The molecule has 1 atom stereocenters. The van der Waals surface area contributed by atoms with Gasteiger partial charge < -0.3 is 10.1 Å². The standard InChI is InChI=1S/C13H19FN2O/c1-10(2)17-12-6-11(7-16-8-12)13(14)4-3-5-15-9-13/h6-8,10,15H,3-5,9H2,1-2H3. The van der Waals surface area contributed by atoms with E-state index in [4.69, 9.17) is 4.74 Å². The van der Waals surface area contributed by atoms with Crippen molar-refractivity contribution in [3.63, 3.8) is 0 Å². The van der Waals surface area contributed by atoms with Crippen LogP contribution in [0.2, 0.25) is 0 Å². The van der Waals surface area contributed by atoms with Crippen LogP contribution in [-0.2, 0) is 5.67 Å². The van der Waals surface area contributed by atoms with E-state index in [0.717, 1.165) is 13.0 Å². The molecule has 1 aromatic heterocycles. The molecule has 0 aromatic carbocycles. The minimum atomic E-state index is -1.30. The molecule has 0 saturated carbocycles. The summed E-state index contributed by atoms with van der Waals surface area (Å²) in [4.78, 5) is 4.07. The molecule has 2 rings (SSSR count). The van der Waals surface area contributed by atoms with Gasteiger partial charge in [-0.2, -0.15) is 0 Å². The maximum atomic E-state index is 14.7. The zero-order valence-corrected chi connectivity index (χ0v) is 10.4. The SMILES string of the molecule is CC(C)Oc1cncc(C2(F)CCCNC2)c1. The summed E-state index contributed by atoms with van der Waals surface area (Å²) in [5.74, 6) is 0.639. The molecule has 94 valence electrons. The lowest BCUT2D eigenvalue weighted by Crippen LogP contribution is -2.40. The number of aromatic nitrogens is 1.